The topological polar surface area (TPSA) is 26.3 Å². The Balaban J connectivity index is 3.13. The summed E-state index contributed by atoms with van der Waals surface area (Å²) in [6, 6.07) is 0. The minimum Gasteiger partial charge on any atom is -0.466 e. The summed E-state index contributed by atoms with van der Waals surface area (Å²) in [7, 11) is 0. The second-order valence-electron chi connectivity index (χ2n) is 5.55. The van der Waals surface area contributed by atoms with Crippen molar-refractivity contribution in [3.63, 3.8) is 0 Å². The van der Waals surface area contributed by atoms with E-state index in [0.717, 1.165) is 24.6 Å². The number of esters is 1. The Hall–Kier alpha value is -0.0500. The fourth-order valence-electron chi connectivity index (χ4n) is 2.21. The lowest BCUT2D eigenvalue weighted by Crippen LogP contribution is -2.05. The molecule has 0 atom stereocenters. The van der Waals surface area contributed by atoms with Gasteiger partial charge in [-0.15, -0.1) is 0 Å². The van der Waals surface area contributed by atoms with E-state index in [4.69, 9.17) is 4.74 Å². The van der Waals surface area contributed by atoms with Crippen LogP contribution in [0.2, 0.25) is 0 Å². The maximum absolute atomic E-state index is 11.5. The molecule has 0 amide bonds. The van der Waals surface area contributed by atoms with Crippen molar-refractivity contribution in [1.29, 1.82) is 0 Å². The monoisotopic (exact) mass is 348 g/mol. The molecule has 3 heteroatoms. The van der Waals surface area contributed by atoms with Crippen LogP contribution in [0.4, 0.5) is 0 Å². The molecule has 2 nitrogen and oxygen atoms in total. The molecule has 0 unspecified atom stereocenters. The highest BCUT2D eigenvalue weighted by Gasteiger charge is 2.02. The molecule has 20 heavy (non-hydrogen) atoms. The molecule has 0 radical (unpaired) electrons. The van der Waals surface area contributed by atoms with Crippen LogP contribution in [-0.2, 0) is 9.53 Å². The van der Waals surface area contributed by atoms with E-state index in [0.29, 0.717) is 13.0 Å². The summed E-state index contributed by atoms with van der Waals surface area (Å²) in [5.74, 6) is -0.000911. The molecule has 0 fully saturated rings. The summed E-state index contributed by atoms with van der Waals surface area (Å²) < 4.78 is 5.25. The van der Waals surface area contributed by atoms with Crippen LogP contribution < -0.4 is 0 Å². The summed E-state index contributed by atoms with van der Waals surface area (Å²) in [5.41, 5.74) is 0. The van der Waals surface area contributed by atoms with Gasteiger partial charge in [-0.05, 0) is 19.3 Å². The third kappa shape index (κ3) is 16.0. The normalized spacial score (nSPS) is 10.7. The van der Waals surface area contributed by atoms with Crippen LogP contribution in [-0.4, -0.2) is 17.9 Å². The molecule has 0 saturated heterocycles. The predicted molar refractivity (Wildman–Crippen MR) is 90.4 cm³/mol. The van der Waals surface area contributed by atoms with Crippen molar-refractivity contribution >= 4 is 21.9 Å². The van der Waals surface area contributed by atoms with Crippen molar-refractivity contribution in [3.05, 3.63) is 0 Å². The third-order valence-electron chi connectivity index (χ3n) is 3.53. The molecule has 0 rings (SSSR count). The second kappa shape index (κ2) is 17.0. The molecule has 0 saturated carbocycles. The molecule has 0 aliphatic rings. The third-order valence-corrected chi connectivity index (χ3v) is 4.09. The molecular formula is C17H33BrO2. The Kier molecular flexibility index (Phi) is 17.0. The van der Waals surface area contributed by atoms with Crippen molar-refractivity contribution < 1.29 is 9.53 Å². The van der Waals surface area contributed by atoms with E-state index in [1.807, 2.05) is 0 Å². The van der Waals surface area contributed by atoms with Crippen LogP contribution in [0.5, 0.6) is 0 Å². The number of ether oxygens (including phenoxy) is 1. The predicted octanol–water partition coefficient (Wildman–Crippen LogP) is 6.02. The van der Waals surface area contributed by atoms with E-state index in [1.54, 1.807) is 0 Å². The van der Waals surface area contributed by atoms with Crippen LogP contribution in [0, 0.1) is 0 Å². The Morgan fingerprint density at radius 2 is 1.35 bits per heavy atom. The number of alkyl halides is 1. The summed E-state index contributed by atoms with van der Waals surface area (Å²) in [4.78, 5) is 11.5. The smallest absolute Gasteiger partial charge is 0.305 e. The molecule has 0 aliphatic heterocycles. The Bertz CT molecular complexity index is 187. The van der Waals surface area contributed by atoms with Crippen molar-refractivity contribution in [3.8, 4) is 0 Å². The van der Waals surface area contributed by atoms with Crippen molar-refractivity contribution in [2.24, 2.45) is 0 Å². The molecule has 0 bridgehead atoms. The van der Waals surface area contributed by atoms with Gasteiger partial charge in [-0.1, -0.05) is 80.6 Å². The van der Waals surface area contributed by atoms with E-state index >= 15 is 0 Å². The van der Waals surface area contributed by atoms with Gasteiger partial charge in [0.05, 0.1) is 6.61 Å². The van der Waals surface area contributed by atoms with Crippen molar-refractivity contribution in [2.45, 2.75) is 90.4 Å². The van der Waals surface area contributed by atoms with Gasteiger partial charge in [-0.3, -0.25) is 4.79 Å². The molecule has 120 valence electrons. The number of carbonyl (C=O) groups excluding carboxylic acids is 1. The molecule has 0 aliphatic carbocycles. The standard InChI is InChI=1S/C17H33BrO2/c1-2-3-4-5-10-13-16-20-17(19)14-11-8-6-7-9-12-15-18/h2-16H2,1H3. The van der Waals surface area contributed by atoms with E-state index in [1.165, 1.54) is 57.8 Å². The highest BCUT2D eigenvalue weighted by atomic mass is 79.9. The summed E-state index contributed by atoms with van der Waals surface area (Å²) in [6.07, 6.45) is 15.3. The van der Waals surface area contributed by atoms with Crippen molar-refractivity contribution in [2.75, 3.05) is 11.9 Å². The quantitative estimate of drug-likeness (QED) is 0.205. The van der Waals surface area contributed by atoms with Crippen LogP contribution in [0.15, 0.2) is 0 Å². The molecule has 0 aromatic rings. The molecule has 0 heterocycles. The SMILES string of the molecule is CCCCCCCCOC(=O)CCCCCCCCBr. The van der Waals surface area contributed by atoms with E-state index in [2.05, 4.69) is 22.9 Å². The van der Waals surface area contributed by atoms with Crippen molar-refractivity contribution in [1.82, 2.24) is 0 Å². The van der Waals surface area contributed by atoms with E-state index < -0.39 is 0 Å². The van der Waals surface area contributed by atoms with Gasteiger partial charge < -0.3 is 4.74 Å². The first-order chi connectivity index (χ1) is 9.81. The van der Waals surface area contributed by atoms with Gasteiger partial charge in [0.2, 0.25) is 0 Å². The number of hydrogen-bond acceptors (Lipinski definition) is 2. The lowest BCUT2D eigenvalue weighted by atomic mass is 10.1. The number of halogens is 1. The highest BCUT2D eigenvalue weighted by molar-refractivity contribution is 9.09. The highest BCUT2D eigenvalue weighted by Crippen LogP contribution is 2.09. The number of rotatable bonds is 15. The molecular weight excluding hydrogens is 316 g/mol. The van der Waals surface area contributed by atoms with Crippen LogP contribution in [0.1, 0.15) is 90.4 Å². The Labute approximate surface area is 134 Å². The fourth-order valence-corrected chi connectivity index (χ4v) is 2.61. The lowest BCUT2D eigenvalue weighted by Gasteiger charge is -2.05. The molecule has 0 aromatic carbocycles. The largest absolute Gasteiger partial charge is 0.466 e. The maximum atomic E-state index is 11.5. The molecule has 0 spiro atoms. The number of unbranched alkanes of at least 4 members (excludes halogenated alkanes) is 10. The van der Waals surface area contributed by atoms with Gasteiger partial charge in [-0.2, -0.15) is 0 Å². The average Bonchev–Trinajstić information content (AvgIpc) is 2.45. The minimum absolute atomic E-state index is 0.000911. The summed E-state index contributed by atoms with van der Waals surface area (Å²) >= 11 is 3.44. The zero-order valence-electron chi connectivity index (χ0n) is 13.3. The van der Waals surface area contributed by atoms with E-state index in [-0.39, 0.29) is 5.97 Å². The van der Waals surface area contributed by atoms with Crippen LogP contribution >= 0.6 is 15.9 Å². The maximum Gasteiger partial charge on any atom is 0.305 e. The first-order valence-electron chi connectivity index (χ1n) is 8.52. The van der Waals surface area contributed by atoms with Crippen LogP contribution in [0.25, 0.3) is 0 Å². The van der Waals surface area contributed by atoms with Gasteiger partial charge in [0.25, 0.3) is 0 Å². The Morgan fingerprint density at radius 1 is 0.800 bits per heavy atom. The van der Waals surface area contributed by atoms with Gasteiger partial charge in [0.1, 0.15) is 0 Å². The van der Waals surface area contributed by atoms with E-state index in [9.17, 15) is 4.79 Å². The van der Waals surface area contributed by atoms with Gasteiger partial charge in [0, 0.05) is 11.8 Å². The van der Waals surface area contributed by atoms with Crippen LogP contribution in [0.3, 0.4) is 0 Å². The first-order valence-corrected chi connectivity index (χ1v) is 9.65. The first kappa shape index (κ1) is 19.9. The van der Waals surface area contributed by atoms with Gasteiger partial charge >= 0.3 is 5.97 Å². The minimum atomic E-state index is -0.000911. The second-order valence-corrected chi connectivity index (χ2v) is 6.34. The van der Waals surface area contributed by atoms with Gasteiger partial charge in [0.15, 0.2) is 0 Å². The fraction of sp³-hybridized carbons (Fsp3) is 0.941. The zero-order valence-corrected chi connectivity index (χ0v) is 14.9. The summed E-state index contributed by atoms with van der Waals surface area (Å²) in [6.45, 7) is 2.85. The summed E-state index contributed by atoms with van der Waals surface area (Å²) in [5, 5.41) is 1.11. The number of hydrogen-bond donors (Lipinski definition) is 0. The Morgan fingerprint density at radius 3 is 2.00 bits per heavy atom. The molecule has 0 aromatic heterocycles. The lowest BCUT2D eigenvalue weighted by molar-refractivity contribution is -0.143. The van der Waals surface area contributed by atoms with Gasteiger partial charge in [-0.25, -0.2) is 0 Å². The molecule has 0 N–H and O–H groups in total. The average molecular weight is 349 g/mol. The zero-order chi connectivity index (χ0) is 14.9. The number of carbonyl (C=O) groups is 1.